The highest BCUT2D eigenvalue weighted by Crippen LogP contribution is 2.19. The third-order valence-electron chi connectivity index (χ3n) is 3.00. The number of aromatic nitrogens is 3. The van der Waals surface area contributed by atoms with Crippen LogP contribution in [-0.2, 0) is 17.4 Å². The van der Waals surface area contributed by atoms with Gasteiger partial charge in [-0.05, 0) is 29.8 Å². The first-order chi connectivity index (χ1) is 10.1. The van der Waals surface area contributed by atoms with Crippen LogP contribution in [0.2, 0.25) is 0 Å². The van der Waals surface area contributed by atoms with Gasteiger partial charge in [-0.3, -0.25) is 0 Å². The van der Waals surface area contributed by atoms with Gasteiger partial charge in [0, 0.05) is 6.54 Å². The molecule has 0 saturated carbocycles. The molecule has 21 heavy (non-hydrogen) atoms. The van der Waals surface area contributed by atoms with E-state index in [1.54, 1.807) is 24.3 Å². The summed E-state index contributed by atoms with van der Waals surface area (Å²) in [7, 11) is -2.70. The van der Waals surface area contributed by atoms with E-state index in [-0.39, 0.29) is 12.2 Å². The Morgan fingerprint density at radius 2 is 2.00 bits per heavy atom. The molecule has 3 rings (SSSR count). The van der Waals surface area contributed by atoms with E-state index in [0.717, 1.165) is 0 Å². The Kier molecular flexibility index (Phi) is 3.63. The van der Waals surface area contributed by atoms with Crippen molar-refractivity contribution in [2.75, 3.05) is 0 Å². The Morgan fingerprint density at radius 1 is 1.19 bits per heavy atom. The van der Waals surface area contributed by atoms with Crippen LogP contribution in [0.5, 0.6) is 0 Å². The number of rotatable bonds is 4. The first-order valence-electron chi connectivity index (χ1n) is 6.12. The van der Waals surface area contributed by atoms with Crippen molar-refractivity contribution >= 4 is 21.9 Å². The smallest absolute Gasteiger partial charge is 0.201 e. The average Bonchev–Trinajstić information content (AvgIpc) is 2.89. The van der Waals surface area contributed by atoms with Crippen molar-refractivity contribution in [3.63, 3.8) is 0 Å². The topological polar surface area (TPSA) is 76.9 Å². The summed E-state index contributed by atoms with van der Waals surface area (Å²) in [6.07, 6.45) is 0. The number of thiol groups is 1. The minimum Gasteiger partial charge on any atom is -0.216 e. The summed E-state index contributed by atoms with van der Waals surface area (Å²) in [5.41, 5.74) is 2.16. The molecule has 0 radical (unpaired) electrons. The van der Waals surface area contributed by atoms with Crippen LogP contribution in [0.1, 0.15) is 5.56 Å². The molecule has 6 nitrogen and oxygen atoms in total. The third kappa shape index (κ3) is 2.76. The van der Waals surface area contributed by atoms with Gasteiger partial charge < -0.3 is 0 Å². The molecule has 108 valence electrons. The molecule has 0 fully saturated rings. The fourth-order valence-corrected chi connectivity index (χ4v) is 2.35. The normalized spacial score (nSPS) is 11.3. The lowest BCUT2D eigenvalue weighted by atomic mass is 10.2. The summed E-state index contributed by atoms with van der Waals surface area (Å²) in [5, 5.41) is 7.92. The maximum atomic E-state index is 14.2. The molecular weight excluding hydrogens is 295 g/mol. The van der Waals surface area contributed by atoms with Crippen LogP contribution >= 0.6 is 0 Å². The van der Waals surface area contributed by atoms with E-state index in [1.165, 1.54) is 10.7 Å². The van der Waals surface area contributed by atoms with Crippen LogP contribution in [0, 0.1) is 5.82 Å². The van der Waals surface area contributed by atoms with Crippen molar-refractivity contribution in [1.29, 1.82) is 0 Å². The molecule has 0 aliphatic carbocycles. The number of fused-ring (bicyclic) bond motifs is 1. The number of nitrogens with one attached hydrogen (secondary N) is 1. The highest BCUT2D eigenvalue weighted by atomic mass is 32.2. The van der Waals surface area contributed by atoms with E-state index in [0.29, 0.717) is 16.6 Å². The lowest BCUT2D eigenvalue weighted by molar-refractivity contribution is 0.597. The van der Waals surface area contributed by atoms with Crippen LogP contribution in [0.25, 0.3) is 16.7 Å². The lowest BCUT2D eigenvalue weighted by Gasteiger charge is -2.06. The van der Waals surface area contributed by atoms with Gasteiger partial charge in [0.1, 0.15) is 17.0 Å². The molecule has 0 unspecified atom stereocenters. The summed E-state index contributed by atoms with van der Waals surface area (Å²) >= 11 is 0. The molecule has 1 aromatic heterocycles. The Balaban J connectivity index is 1.99. The standard InChI is InChI=1S/C13H11FN4O2S/c14-10-7-9(8-15-21(19)20)5-6-12(10)18-13-4-2-1-3-11(13)16-17-18/h1-7,21H,8H2,(H,15,19,20). The van der Waals surface area contributed by atoms with Gasteiger partial charge in [0.25, 0.3) is 0 Å². The van der Waals surface area contributed by atoms with E-state index in [4.69, 9.17) is 0 Å². The molecule has 0 bridgehead atoms. The van der Waals surface area contributed by atoms with Gasteiger partial charge in [-0.2, -0.15) is 0 Å². The van der Waals surface area contributed by atoms with Crippen LogP contribution in [0.15, 0.2) is 42.5 Å². The third-order valence-corrected chi connectivity index (χ3v) is 3.42. The zero-order valence-corrected chi connectivity index (χ0v) is 11.6. The molecule has 0 aliphatic rings. The molecule has 0 atom stereocenters. The number of hydrogen-bond donors (Lipinski definition) is 2. The molecule has 2 aromatic carbocycles. The molecule has 1 heterocycles. The first-order valence-corrected chi connectivity index (χ1v) is 7.30. The van der Waals surface area contributed by atoms with Crippen molar-refractivity contribution in [1.82, 2.24) is 19.7 Å². The maximum absolute atomic E-state index is 14.2. The zero-order valence-electron chi connectivity index (χ0n) is 10.7. The number of para-hydroxylation sites is 1. The van der Waals surface area contributed by atoms with E-state index in [1.807, 2.05) is 12.1 Å². The van der Waals surface area contributed by atoms with Gasteiger partial charge in [-0.25, -0.2) is 22.2 Å². The molecule has 0 spiro atoms. The average molecular weight is 306 g/mol. The Hall–Kier alpha value is -2.32. The molecule has 8 heteroatoms. The predicted molar refractivity (Wildman–Crippen MR) is 76.0 cm³/mol. The Labute approximate surface area is 121 Å². The monoisotopic (exact) mass is 306 g/mol. The lowest BCUT2D eigenvalue weighted by Crippen LogP contribution is -2.11. The molecule has 0 aliphatic heterocycles. The Morgan fingerprint density at radius 3 is 2.76 bits per heavy atom. The molecule has 1 N–H and O–H groups in total. The highest BCUT2D eigenvalue weighted by molar-refractivity contribution is 7.70. The van der Waals surface area contributed by atoms with Gasteiger partial charge >= 0.3 is 0 Å². The second kappa shape index (κ2) is 5.58. The second-order valence-corrected chi connectivity index (χ2v) is 5.20. The molecular formula is C13H11FN4O2S. The minimum absolute atomic E-state index is 0.0496. The van der Waals surface area contributed by atoms with Gasteiger partial charge in [0.2, 0.25) is 10.9 Å². The second-order valence-electron chi connectivity index (χ2n) is 4.37. The van der Waals surface area contributed by atoms with Gasteiger partial charge in [0.15, 0.2) is 0 Å². The van der Waals surface area contributed by atoms with E-state index in [2.05, 4.69) is 15.0 Å². The zero-order chi connectivity index (χ0) is 14.8. The summed E-state index contributed by atoms with van der Waals surface area (Å²) < 4.78 is 38.8. The first kappa shape index (κ1) is 13.7. The van der Waals surface area contributed by atoms with Crippen molar-refractivity contribution in [2.24, 2.45) is 0 Å². The van der Waals surface area contributed by atoms with E-state index in [9.17, 15) is 12.8 Å². The largest absolute Gasteiger partial charge is 0.216 e. The van der Waals surface area contributed by atoms with E-state index >= 15 is 0 Å². The van der Waals surface area contributed by atoms with E-state index < -0.39 is 16.7 Å². The molecule has 3 aromatic rings. The van der Waals surface area contributed by atoms with Crippen molar-refractivity contribution < 1.29 is 12.8 Å². The van der Waals surface area contributed by atoms with Crippen LogP contribution in [-0.4, -0.2) is 23.4 Å². The number of halogens is 1. The summed E-state index contributed by atoms with van der Waals surface area (Å²) in [6.45, 7) is 0.0496. The predicted octanol–water partition coefficient (Wildman–Crippen LogP) is 1.18. The van der Waals surface area contributed by atoms with Gasteiger partial charge in [-0.15, -0.1) is 5.10 Å². The fraction of sp³-hybridized carbons (Fsp3) is 0.0769. The van der Waals surface area contributed by atoms with Crippen molar-refractivity contribution in [3.8, 4) is 5.69 Å². The maximum Gasteiger partial charge on any atom is 0.201 e. The quantitative estimate of drug-likeness (QED) is 0.710. The van der Waals surface area contributed by atoms with Crippen LogP contribution in [0.3, 0.4) is 0 Å². The van der Waals surface area contributed by atoms with Crippen LogP contribution in [0.4, 0.5) is 4.39 Å². The summed E-state index contributed by atoms with van der Waals surface area (Å²) in [4.78, 5) is 0. The Bertz CT molecular complexity index is 867. The van der Waals surface area contributed by atoms with Crippen molar-refractivity contribution in [3.05, 3.63) is 53.8 Å². The molecule has 0 amide bonds. The highest BCUT2D eigenvalue weighted by Gasteiger charge is 2.11. The number of nitrogens with zero attached hydrogens (tertiary/aromatic N) is 3. The van der Waals surface area contributed by atoms with Crippen molar-refractivity contribution in [2.45, 2.75) is 6.54 Å². The van der Waals surface area contributed by atoms with Gasteiger partial charge in [0.05, 0.1) is 5.52 Å². The SMILES string of the molecule is O=[SH](=O)NCc1ccc(-n2nnc3ccccc32)c(F)c1. The number of benzene rings is 2. The van der Waals surface area contributed by atoms with Crippen LogP contribution < -0.4 is 4.72 Å². The fourth-order valence-electron chi connectivity index (χ4n) is 2.03. The van der Waals surface area contributed by atoms with Gasteiger partial charge in [-0.1, -0.05) is 23.4 Å². The summed E-state index contributed by atoms with van der Waals surface area (Å²) in [5.74, 6) is -0.494. The minimum atomic E-state index is -2.70. The number of hydrogen-bond acceptors (Lipinski definition) is 4. The summed E-state index contributed by atoms with van der Waals surface area (Å²) in [6, 6.07) is 11.7. The molecule has 0 saturated heterocycles.